The molecule has 134 valence electrons. The number of alkyl halides is 3. The van der Waals surface area contributed by atoms with Crippen LogP contribution in [0.3, 0.4) is 0 Å². The molecule has 0 saturated carbocycles. The van der Waals surface area contributed by atoms with E-state index in [4.69, 9.17) is 4.74 Å². The fourth-order valence-corrected chi connectivity index (χ4v) is 3.69. The Morgan fingerprint density at radius 2 is 1.68 bits per heavy atom. The number of halogens is 3. The zero-order valence-corrected chi connectivity index (χ0v) is 14.6. The zero-order valence-electron chi connectivity index (χ0n) is 13.7. The van der Waals surface area contributed by atoms with Gasteiger partial charge in [0.15, 0.2) is 0 Å². The van der Waals surface area contributed by atoms with E-state index >= 15 is 0 Å². The highest BCUT2D eigenvalue weighted by molar-refractivity contribution is 7.73. The first-order valence-electron chi connectivity index (χ1n) is 7.50. The van der Waals surface area contributed by atoms with Crippen molar-refractivity contribution in [3.8, 4) is 5.75 Å². The van der Waals surface area contributed by atoms with Gasteiger partial charge in [-0.15, -0.1) is 0 Å². The van der Waals surface area contributed by atoms with Crippen LogP contribution in [-0.4, -0.2) is 11.0 Å². The number of hydrogen-bond acceptors (Lipinski definition) is 2. The first kappa shape index (κ1) is 19.3. The van der Waals surface area contributed by atoms with Crippen LogP contribution in [-0.2, 0) is 10.7 Å². The third-order valence-electron chi connectivity index (χ3n) is 3.47. The van der Waals surface area contributed by atoms with Gasteiger partial charge in [-0.25, -0.2) is 0 Å². The van der Waals surface area contributed by atoms with E-state index < -0.39 is 19.1 Å². The third-order valence-corrected chi connectivity index (χ3v) is 5.45. The molecular weight excluding hydrogens is 352 g/mol. The molecule has 2 aromatic carbocycles. The van der Waals surface area contributed by atoms with Crippen molar-refractivity contribution in [1.82, 2.24) is 0 Å². The Balaban J connectivity index is 2.42. The lowest BCUT2D eigenvalue weighted by Gasteiger charge is -2.17. The second kappa shape index (κ2) is 7.06. The van der Waals surface area contributed by atoms with Crippen molar-refractivity contribution in [3.63, 3.8) is 0 Å². The van der Waals surface area contributed by atoms with Gasteiger partial charge < -0.3 is 9.63 Å². The summed E-state index contributed by atoms with van der Waals surface area (Å²) < 4.78 is 56.3. The smallest absolute Gasteiger partial charge is 0.416 e. The first-order valence-corrected chi connectivity index (χ1v) is 9.16. The molecule has 0 saturated heterocycles. The number of benzene rings is 2. The molecule has 0 aliphatic heterocycles. The molecule has 0 radical (unpaired) electrons. The van der Waals surface area contributed by atoms with E-state index in [1.54, 1.807) is 6.07 Å². The van der Waals surface area contributed by atoms with Crippen molar-refractivity contribution < 1.29 is 27.4 Å². The normalized spacial score (nSPS) is 14.2. The highest BCUT2D eigenvalue weighted by Gasteiger charge is 2.32. The first-order chi connectivity index (χ1) is 11.6. The average molecular weight is 370 g/mol. The van der Waals surface area contributed by atoms with E-state index in [1.807, 2.05) is 13.8 Å². The maximum absolute atomic E-state index is 12.8. The summed E-state index contributed by atoms with van der Waals surface area (Å²) in [4.78, 5) is 10.4. The highest BCUT2D eigenvalue weighted by Crippen LogP contribution is 2.40. The summed E-state index contributed by atoms with van der Waals surface area (Å²) in [7, 11) is -4.03. The Labute approximate surface area is 144 Å². The van der Waals surface area contributed by atoms with Gasteiger partial charge in [0.25, 0.3) is 7.37 Å². The maximum atomic E-state index is 12.8. The predicted octanol–water partition coefficient (Wildman–Crippen LogP) is 4.36. The summed E-state index contributed by atoms with van der Waals surface area (Å²) in [6.45, 7) is 7.35. The van der Waals surface area contributed by atoms with Crippen LogP contribution in [0.2, 0.25) is 0 Å². The molecule has 0 aliphatic carbocycles. The topological polar surface area (TPSA) is 46.5 Å². The summed E-state index contributed by atoms with van der Waals surface area (Å²) >= 11 is 0. The lowest BCUT2D eigenvalue weighted by molar-refractivity contribution is -0.137. The second-order valence-corrected chi connectivity index (χ2v) is 7.90. The van der Waals surface area contributed by atoms with Crippen LogP contribution in [0.15, 0.2) is 49.0 Å². The molecule has 7 heteroatoms. The number of ether oxygens (including phenoxy) is 1. The van der Waals surface area contributed by atoms with Gasteiger partial charge in [0.2, 0.25) is 0 Å². The standard InChI is InChI=1S/C18H18F3O3P/c1-4-13-11-16(9-10-17(13)24-12(2)3)25(22,23)15-7-5-14(6-8-15)18(19,20)21/h4-12H,1H2,2-3H3,(H,22,23). The number of hydrogen-bond donors (Lipinski definition) is 1. The van der Waals surface area contributed by atoms with E-state index in [-0.39, 0.29) is 16.7 Å². The Kier molecular flexibility index (Phi) is 5.45. The molecule has 0 fully saturated rings. The molecule has 0 spiro atoms. The molecule has 1 atom stereocenters. The maximum Gasteiger partial charge on any atom is 0.416 e. The van der Waals surface area contributed by atoms with Crippen molar-refractivity contribution >= 4 is 24.1 Å². The molecule has 0 aliphatic rings. The second-order valence-electron chi connectivity index (χ2n) is 5.71. The number of rotatable bonds is 5. The van der Waals surface area contributed by atoms with Crippen LogP contribution in [0.4, 0.5) is 13.2 Å². The summed E-state index contributed by atoms with van der Waals surface area (Å²) in [5, 5.41) is 0.0197. The monoisotopic (exact) mass is 370 g/mol. The lowest BCUT2D eigenvalue weighted by Crippen LogP contribution is -2.17. The summed E-state index contributed by atoms with van der Waals surface area (Å²) in [5.74, 6) is 0.515. The van der Waals surface area contributed by atoms with Crippen molar-refractivity contribution in [2.75, 3.05) is 0 Å². The SMILES string of the molecule is C=Cc1cc(P(=O)(O)c2ccc(C(F)(F)F)cc2)ccc1OC(C)C. The van der Waals surface area contributed by atoms with Crippen LogP contribution < -0.4 is 15.3 Å². The molecule has 3 nitrogen and oxygen atoms in total. The Morgan fingerprint density at radius 3 is 2.16 bits per heavy atom. The highest BCUT2D eigenvalue weighted by atomic mass is 31.2. The molecule has 1 unspecified atom stereocenters. The third kappa shape index (κ3) is 4.33. The van der Waals surface area contributed by atoms with Crippen molar-refractivity contribution in [3.05, 3.63) is 60.2 Å². The fourth-order valence-electron chi connectivity index (χ4n) is 2.25. The molecule has 2 aromatic rings. The minimum absolute atomic E-state index is 0.0759. The Morgan fingerprint density at radius 1 is 1.12 bits per heavy atom. The average Bonchev–Trinajstić information content (AvgIpc) is 2.54. The van der Waals surface area contributed by atoms with Gasteiger partial charge in [-0.3, -0.25) is 4.57 Å². The minimum Gasteiger partial charge on any atom is -0.490 e. The van der Waals surface area contributed by atoms with Gasteiger partial charge in [-0.05, 0) is 56.3 Å². The predicted molar refractivity (Wildman–Crippen MR) is 92.8 cm³/mol. The summed E-state index contributed by atoms with van der Waals surface area (Å²) in [6, 6.07) is 8.09. The van der Waals surface area contributed by atoms with E-state index in [0.29, 0.717) is 11.3 Å². The molecule has 0 bridgehead atoms. The molecule has 0 aromatic heterocycles. The Hall–Kier alpha value is -2.04. The van der Waals surface area contributed by atoms with Crippen LogP contribution >= 0.6 is 7.37 Å². The van der Waals surface area contributed by atoms with Gasteiger partial charge in [0.05, 0.1) is 11.7 Å². The quantitative estimate of drug-likeness (QED) is 0.796. The van der Waals surface area contributed by atoms with E-state index in [9.17, 15) is 22.6 Å². The minimum atomic E-state index is -4.50. The fraction of sp³-hybridized carbons (Fsp3) is 0.222. The van der Waals surface area contributed by atoms with Crippen LogP contribution in [0.1, 0.15) is 25.0 Å². The molecule has 25 heavy (non-hydrogen) atoms. The molecule has 1 N–H and O–H groups in total. The van der Waals surface area contributed by atoms with E-state index in [1.165, 1.54) is 18.2 Å². The molecule has 0 heterocycles. The van der Waals surface area contributed by atoms with Crippen LogP contribution in [0, 0.1) is 0 Å². The van der Waals surface area contributed by atoms with E-state index in [2.05, 4.69) is 6.58 Å². The van der Waals surface area contributed by atoms with E-state index in [0.717, 1.165) is 24.3 Å². The van der Waals surface area contributed by atoms with Crippen molar-refractivity contribution in [1.29, 1.82) is 0 Å². The van der Waals surface area contributed by atoms with Gasteiger partial charge >= 0.3 is 6.18 Å². The molecule has 2 rings (SSSR count). The van der Waals surface area contributed by atoms with Crippen molar-refractivity contribution in [2.45, 2.75) is 26.1 Å². The molecular formula is C18H18F3O3P. The lowest BCUT2D eigenvalue weighted by atomic mass is 10.2. The van der Waals surface area contributed by atoms with Gasteiger partial charge in [-0.2, -0.15) is 13.2 Å². The largest absolute Gasteiger partial charge is 0.490 e. The summed E-state index contributed by atoms with van der Waals surface area (Å²) in [6.07, 6.45) is -3.09. The Bertz CT molecular complexity index is 811. The van der Waals surface area contributed by atoms with Crippen LogP contribution in [0.25, 0.3) is 6.08 Å². The van der Waals surface area contributed by atoms with Crippen molar-refractivity contribution in [2.24, 2.45) is 0 Å². The summed E-state index contributed by atoms with van der Waals surface area (Å²) in [5.41, 5.74) is -0.337. The zero-order chi connectivity index (χ0) is 18.8. The van der Waals surface area contributed by atoms with Crippen LogP contribution in [0.5, 0.6) is 5.75 Å². The van der Waals surface area contributed by atoms with Gasteiger partial charge in [0.1, 0.15) is 5.75 Å². The van der Waals surface area contributed by atoms with Gasteiger partial charge in [0, 0.05) is 16.2 Å². The van der Waals surface area contributed by atoms with Gasteiger partial charge in [-0.1, -0.05) is 12.7 Å². The molecule has 0 amide bonds.